The van der Waals surface area contributed by atoms with Gasteiger partial charge in [-0.05, 0) is 61.0 Å². The number of imidazole rings is 1. The Balaban J connectivity index is 1.48. The lowest BCUT2D eigenvalue weighted by molar-refractivity contribution is 0.101. The second-order valence-electron chi connectivity index (χ2n) is 5.97. The number of pyridine rings is 1. The molecule has 0 aliphatic heterocycles. The van der Waals surface area contributed by atoms with Gasteiger partial charge < -0.3 is 15.0 Å². The van der Waals surface area contributed by atoms with E-state index >= 15 is 0 Å². The first-order chi connectivity index (χ1) is 13.1. The SMILES string of the molecule is Cc1cc2[nH]c(C(=O)Nc3ccc(Oc4cccnc4)cc3)nc2cc1Cl. The van der Waals surface area contributed by atoms with Crippen molar-refractivity contribution in [2.75, 3.05) is 5.32 Å². The highest BCUT2D eigenvalue weighted by atomic mass is 35.5. The number of nitrogens with zero attached hydrogens (tertiary/aromatic N) is 2. The molecule has 0 aliphatic rings. The van der Waals surface area contributed by atoms with Crippen LogP contribution in [0.15, 0.2) is 60.9 Å². The van der Waals surface area contributed by atoms with Crippen molar-refractivity contribution in [3.63, 3.8) is 0 Å². The number of halogens is 1. The Hall–Kier alpha value is -3.38. The molecule has 0 atom stereocenters. The minimum Gasteiger partial charge on any atom is -0.456 e. The van der Waals surface area contributed by atoms with Crippen LogP contribution in [-0.2, 0) is 0 Å². The summed E-state index contributed by atoms with van der Waals surface area (Å²) < 4.78 is 5.68. The van der Waals surface area contributed by atoms with Gasteiger partial charge in [-0.1, -0.05) is 11.6 Å². The van der Waals surface area contributed by atoms with Crippen molar-refractivity contribution < 1.29 is 9.53 Å². The molecule has 0 saturated carbocycles. The second kappa shape index (κ2) is 7.09. The summed E-state index contributed by atoms with van der Waals surface area (Å²) in [5, 5.41) is 3.42. The minimum atomic E-state index is -0.332. The Morgan fingerprint density at radius 2 is 1.96 bits per heavy atom. The monoisotopic (exact) mass is 378 g/mol. The number of aromatic nitrogens is 3. The highest BCUT2D eigenvalue weighted by Gasteiger charge is 2.13. The summed E-state index contributed by atoms with van der Waals surface area (Å²) in [4.78, 5) is 23.8. The average molecular weight is 379 g/mol. The van der Waals surface area contributed by atoms with Gasteiger partial charge >= 0.3 is 0 Å². The fourth-order valence-corrected chi connectivity index (χ4v) is 2.75. The minimum absolute atomic E-state index is 0.224. The van der Waals surface area contributed by atoms with Gasteiger partial charge in [0.1, 0.15) is 11.5 Å². The molecule has 4 rings (SSSR count). The molecule has 0 bridgehead atoms. The fourth-order valence-electron chi connectivity index (χ4n) is 2.59. The van der Waals surface area contributed by atoms with Gasteiger partial charge in [-0.25, -0.2) is 4.98 Å². The van der Waals surface area contributed by atoms with Crippen molar-refractivity contribution in [2.24, 2.45) is 0 Å². The third-order valence-electron chi connectivity index (χ3n) is 3.96. The van der Waals surface area contributed by atoms with Crippen molar-refractivity contribution in [2.45, 2.75) is 6.92 Å². The summed E-state index contributed by atoms with van der Waals surface area (Å²) in [6.07, 6.45) is 3.31. The van der Waals surface area contributed by atoms with Crippen molar-refractivity contribution in [3.05, 3.63) is 77.3 Å². The topological polar surface area (TPSA) is 79.9 Å². The lowest BCUT2D eigenvalue weighted by Gasteiger charge is -2.07. The van der Waals surface area contributed by atoms with E-state index in [2.05, 4.69) is 20.3 Å². The highest BCUT2D eigenvalue weighted by Crippen LogP contribution is 2.24. The van der Waals surface area contributed by atoms with Crippen LogP contribution in [0.5, 0.6) is 11.5 Å². The Morgan fingerprint density at radius 1 is 1.15 bits per heavy atom. The van der Waals surface area contributed by atoms with Gasteiger partial charge in [0.2, 0.25) is 0 Å². The van der Waals surface area contributed by atoms with E-state index in [4.69, 9.17) is 16.3 Å². The van der Waals surface area contributed by atoms with Gasteiger partial charge in [-0.3, -0.25) is 9.78 Å². The molecule has 27 heavy (non-hydrogen) atoms. The molecule has 134 valence electrons. The van der Waals surface area contributed by atoms with E-state index in [1.807, 2.05) is 19.1 Å². The molecule has 6 nitrogen and oxygen atoms in total. The summed E-state index contributed by atoms with van der Waals surface area (Å²) in [5.41, 5.74) is 2.97. The number of benzene rings is 2. The normalized spacial score (nSPS) is 10.7. The van der Waals surface area contributed by atoms with Crippen molar-refractivity contribution in [3.8, 4) is 11.5 Å². The number of H-pyrrole nitrogens is 1. The zero-order chi connectivity index (χ0) is 18.8. The molecule has 2 aromatic heterocycles. The molecular formula is C20H15ClN4O2. The molecule has 0 unspecified atom stereocenters. The summed E-state index contributed by atoms with van der Waals surface area (Å²) >= 11 is 6.11. The number of rotatable bonds is 4. The zero-order valence-electron chi connectivity index (χ0n) is 14.4. The zero-order valence-corrected chi connectivity index (χ0v) is 15.1. The van der Waals surface area contributed by atoms with E-state index in [0.717, 1.165) is 11.1 Å². The number of fused-ring (bicyclic) bond motifs is 1. The number of hydrogen-bond donors (Lipinski definition) is 2. The number of carbonyl (C=O) groups excluding carboxylic acids is 1. The molecule has 0 fully saturated rings. The van der Waals surface area contributed by atoms with Gasteiger partial charge in [-0.2, -0.15) is 0 Å². The molecule has 4 aromatic rings. The summed E-state index contributed by atoms with van der Waals surface area (Å²) in [6.45, 7) is 1.90. The van der Waals surface area contributed by atoms with Crippen molar-refractivity contribution in [1.82, 2.24) is 15.0 Å². The van der Waals surface area contributed by atoms with E-state index in [1.54, 1.807) is 48.8 Å². The second-order valence-corrected chi connectivity index (χ2v) is 6.38. The first-order valence-electron chi connectivity index (χ1n) is 8.24. The molecule has 0 radical (unpaired) electrons. The van der Waals surface area contributed by atoms with Gasteiger partial charge in [0.05, 0.1) is 17.2 Å². The number of amides is 1. The standard InChI is InChI=1S/C20H15ClN4O2/c1-12-9-17-18(10-16(12)21)25-19(24-17)20(26)23-13-4-6-14(7-5-13)27-15-3-2-8-22-11-15/h2-11H,1H3,(H,23,26)(H,24,25). The van der Waals surface area contributed by atoms with Gasteiger partial charge in [0.25, 0.3) is 5.91 Å². The lowest BCUT2D eigenvalue weighted by Crippen LogP contribution is -2.13. The number of anilines is 1. The molecule has 0 spiro atoms. The van der Waals surface area contributed by atoms with Crippen LogP contribution in [0.25, 0.3) is 11.0 Å². The molecule has 0 saturated heterocycles. The van der Waals surface area contributed by atoms with Gasteiger partial charge in [-0.15, -0.1) is 0 Å². The third-order valence-corrected chi connectivity index (χ3v) is 4.37. The van der Waals surface area contributed by atoms with Crippen LogP contribution in [0, 0.1) is 6.92 Å². The van der Waals surface area contributed by atoms with Crippen LogP contribution in [0.2, 0.25) is 5.02 Å². The van der Waals surface area contributed by atoms with Gasteiger partial charge in [0, 0.05) is 16.9 Å². The lowest BCUT2D eigenvalue weighted by atomic mass is 10.2. The van der Waals surface area contributed by atoms with Crippen LogP contribution in [0.4, 0.5) is 5.69 Å². The van der Waals surface area contributed by atoms with Gasteiger partial charge in [0.15, 0.2) is 5.82 Å². The molecule has 1 amide bonds. The van der Waals surface area contributed by atoms with Crippen molar-refractivity contribution >= 4 is 34.2 Å². The van der Waals surface area contributed by atoms with Crippen LogP contribution in [0.3, 0.4) is 0 Å². The number of hydrogen-bond acceptors (Lipinski definition) is 4. The van der Waals surface area contributed by atoms with E-state index in [9.17, 15) is 4.79 Å². The molecular weight excluding hydrogens is 364 g/mol. The predicted octanol–water partition coefficient (Wildman–Crippen LogP) is 4.96. The average Bonchev–Trinajstić information content (AvgIpc) is 3.07. The van der Waals surface area contributed by atoms with Crippen LogP contribution < -0.4 is 10.1 Å². The summed E-state index contributed by atoms with van der Waals surface area (Å²) in [7, 11) is 0. The maximum absolute atomic E-state index is 12.5. The maximum Gasteiger partial charge on any atom is 0.291 e. The number of ether oxygens (including phenoxy) is 1. The van der Waals surface area contributed by atoms with Crippen LogP contribution in [-0.4, -0.2) is 20.9 Å². The Labute approximate surface area is 160 Å². The molecule has 2 N–H and O–H groups in total. The Kier molecular flexibility index (Phi) is 4.48. The molecule has 2 aromatic carbocycles. The Bertz CT molecular complexity index is 1070. The van der Waals surface area contributed by atoms with Crippen LogP contribution >= 0.6 is 11.6 Å². The summed E-state index contributed by atoms with van der Waals surface area (Å²) in [5.74, 6) is 1.18. The van der Waals surface area contributed by atoms with E-state index in [0.29, 0.717) is 27.7 Å². The summed E-state index contributed by atoms with van der Waals surface area (Å²) in [6, 6.07) is 14.3. The first kappa shape index (κ1) is 17.1. The van der Waals surface area contributed by atoms with E-state index < -0.39 is 0 Å². The number of aryl methyl sites for hydroxylation is 1. The first-order valence-corrected chi connectivity index (χ1v) is 8.61. The van der Waals surface area contributed by atoms with Crippen molar-refractivity contribution in [1.29, 1.82) is 0 Å². The maximum atomic E-state index is 12.5. The quantitative estimate of drug-likeness (QED) is 0.525. The van der Waals surface area contributed by atoms with E-state index in [-0.39, 0.29) is 11.7 Å². The number of nitrogens with one attached hydrogen (secondary N) is 2. The largest absolute Gasteiger partial charge is 0.456 e. The third kappa shape index (κ3) is 3.75. The predicted molar refractivity (Wildman–Crippen MR) is 105 cm³/mol. The number of carbonyl (C=O) groups is 1. The van der Waals surface area contributed by atoms with Crippen LogP contribution in [0.1, 0.15) is 16.2 Å². The Morgan fingerprint density at radius 3 is 2.70 bits per heavy atom. The molecule has 2 heterocycles. The highest BCUT2D eigenvalue weighted by molar-refractivity contribution is 6.32. The molecule has 7 heteroatoms. The fraction of sp³-hybridized carbons (Fsp3) is 0.0500. The number of aromatic amines is 1. The van der Waals surface area contributed by atoms with E-state index in [1.165, 1.54) is 0 Å². The smallest absolute Gasteiger partial charge is 0.291 e. The molecule has 0 aliphatic carbocycles.